The topological polar surface area (TPSA) is 81.1 Å². The van der Waals surface area contributed by atoms with E-state index in [9.17, 15) is 4.79 Å². The minimum absolute atomic E-state index is 0.0785. The summed E-state index contributed by atoms with van der Waals surface area (Å²) in [7, 11) is 1.69. The number of amides is 1. The highest BCUT2D eigenvalue weighted by Crippen LogP contribution is 2.27. The van der Waals surface area contributed by atoms with E-state index in [1.54, 1.807) is 19.4 Å². The molecule has 0 bridgehead atoms. The molecule has 110 valence electrons. The highest BCUT2D eigenvalue weighted by Gasteiger charge is 2.28. The van der Waals surface area contributed by atoms with Gasteiger partial charge in [-0.25, -0.2) is 0 Å². The van der Waals surface area contributed by atoms with Crippen LogP contribution in [0.1, 0.15) is 18.5 Å². The zero-order valence-corrected chi connectivity index (χ0v) is 12.6. The number of hydrogen-bond donors (Lipinski definition) is 0. The number of carbonyl (C=O) groups excluding carboxylic acids is 1. The molecule has 1 atom stereocenters. The molecule has 0 unspecified atom stereocenters. The molecule has 0 N–H and O–H groups in total. The van der Waals surface area contributed by atoms with Crippen LogP contribution in [0.3, 0.4) is 0 Å². The molecular formula is C13H15N5O2S. The molecule has 0 aliphatic carbocycles. The largest absolute Gasteiger partial charge is 0.368 e. The fraction of sp³-hybridized carbons (Fsp3) is 0.462. The number of aryl methyl sites for hydroxylation is 1. The zero-order valence-electron chi connectivity index (χ0n) is 11.8. The van der Waals surface area contributed by atoms with Gasteiger partial charge in [0.15, 0.2) is 5.01 Å². The first kappa shape index (κ1) is 14.0. The molecule has 2 aromatic rings. The first-order valence-corrected chi connectivity index (χ1v) is 7.48. The van der Waals surface area contributed by atoms with Crippen LogP contribution in [0.15, 0.2) is 12.4 Å². The van der Waals surface area contributed by atoms with E-state index in [2.05, 4.69) is 20.2 Å². The van der Waals surface area contributed by atoms with Crippen LogP contribution in [0, 0.1) is 6.92 Å². The van der Waals surface area contributed by atoms with Gasteiger partial charge in [-0.3, -0.25) is 19.7 Å². The monoisotopic (exact) mass is 305 g/mol. The smallest absolute Gasteiger partial charge is 0.257 e. The van der Waals surface area contributed by atoms with Gasteiger partial charge in [0.2, 0.25) is 5.13 Å². The van der Waals surface area contributed by atoms with Crippen molar-refractivity contribution in [1.29, 1.82) is 0 Å². The van der Waals surface area contributed by atoms with Crippen molar-refractivity contribution in [2.24, 2.45) is 0 Å². The third kappa shape index (κ3) is 2.91. The van der Waals surface area contributed by atoms with Crippen LogP contribution in [0.25, 0.3) is 10.7 Å². The van der Waals surface area contributed by atoms with E-state index in [-0.39, 0.29) is 12.0 Å². The zero-order chi connectivity index (χ0) is 14.8. The highest BCUT2D eigenvalue weighted by molar-refractivity contribution is 7.18. The Balaban J connectivity index is 1.77. The van der Waals surface area contributed by atoms with Crippen molar-refractivity contribution in [3.8, 4) is 10.7 Å². The summed E-state index contributed by atoms with van der Waals surface area (Å²) in [5.74, 6) is -0.0785. The van der Waals surface area contributed by atoms with Crippen LogP contribution in [0.5, 0.6) is 0 Å². The van der Waals surface area contributed by atoms with Gasteiger partial charge in [-0.05, 0) is 19.8 Å². The van der Waals surface area contributed by atoms with Crippen molar-refractivity contribution in [1.82, 2.24) is 20.2 Å². The third-order valence-electron chi connectivity index (χ3n) is 3.24. The summed E-state index contributed by atoms with van der Waals surface area (Å²) in [5, 5.41) is 9.31. The van der Waals surface area contributed by atoms with Crippen LogP contribution in [0.4, 0.5) is 5.13 Å². The van der Waals surface area contributed by atoms with E-state index in [1.807, 2.05) is 6.92 Å². The maximum absolute atomic E-state index is 12.2. The molecule has 0 spiro atoms. The molecule has 1 aliphatic rings. The normalized spacial score (nSPS) is 17.9. The van der Waals surface area contributed by atoms with Crippen LogP contribution in [-0.2, 0) is 9.53 Å². The fourth-order valence-electron chi connectivity index (χ4n) is 2.04. The van der Waals surface area contributed by atoms with Gasteiger partial charge in [0.05, 0.1) is 11.9 Å². The molecule has 21 heavy (non-hydrogen) atoms. The maximum Gasteiger partial charge on any atom is 0.257 e. The van der Waals surface area contributed by atoms with Crippen molar-refractivity contribution < 1.29 is 9.53 Å². The molecule has 1 aliphatic heterocycles. The third-order valence-corrected chi connectivity index (χ3v) is 4.26. The molecule has 7 nitrogen and oxygen atoms in total. The number of ether oxygens (including phenoxy) is 1. The SMILES string of the molecule is Cc1cnc(-c2nnc(N(C)C(=O)[C@@H]3CCCO3)s2)cn1. The lowest BCUT2D eigenvalue weighted by Gasteiger charge is -2.16. The maximum atomic E-state index is 12.2. The van der Waals surface area contributed by atoms with Gasteiger partial charge in [0.1, 0.15) is 11.8 Å². The molecule has 1 saturated heterocycles. The van der Waals surface area contributed by atoms with Gasteiger partial charge in [-0.15, -0.1) is 10.2 Å². The molecular weight excluding hydrogens is 290 g/mol. The number of nitrogens with zero attached hydrogens (tertiary/aromatic N) is 5. The van der Waals surface area contributed by atoms with Crippen molar-refractivity contribution >= 4 is 22.4 Å². The van der Waals surface area contributed by atoms with Gasteiger partial charge in [0, 0.05) is 19.9 Å². The number of aromatic nitrogens is 4. The van der Waals surface area contributed by atoms with Crippen molar-refractivity contribution in [3.05, 3.63) is 18.1 Å². The molecule has 0 saturated carbocycles. The standard InChI is InChI=1S/C13H15N5O2S/c1-8-6-15-9(7-14-8)11-16-17-13(21-11)18(2)12(19)10-4-3-5-20-10/h6-7,10H,3-5H2,1-2H3/t10-/m0/s1. The van der Waals surface area contributed by atoms with Crippen LogP contribution < -0.4 is 4.90 Å². The van der Waals surface area contributed by atoms with Crippen LogP contribution >= 0.6 is 11.3 Å². The van der Waals surface area contributed by atoms with E-state index < -0.39 is 0 Å². The molecule has 3 rings (SSSR count). The molecule has 1 fully saturated rings. The Kier molecular flexibility index (Phi) is 3.89. The Morgan fingerprint density at radius 1 is 1.38 bits per heavy atom. The van der Waals surface area contributed by atoms with E-state index in [0.29, 0.717) is 22.4 Å². The second-order valence-electron chi connectivity index (χ2n) is 4.83. The highest BCUT2D eigenvalue weighted by atomic mass is 32.1. The van der Waals surface area contributed by atoms with Gasteiger partial charge in [-0.2, -0.15) is 0 Å². The summed E-state index contributed by atoms with van der Waals surface area (Å²) in [6.45, 7) is 2.51. The second kappa shape index (κ2) is 5.82. The Hall–Kier alpha value is -1.93. The van der Waals surface area contributed by atoms with Gasteiger partial charge in [0.25, 0.3) is 5.91 Å². The number of hydrogen-bond acceptors (Lipinski definition) is 7. The average Bonchev–Trinajstić information content (AvgIpc) is 3.18. The number of anilines is 1. The van der Waals surface area contributed by atoms with Crippen molar-refractivity contribution in [2.75, 3.05) is 18.6 Å². The Morgan fingerprint density at radius 2 is 2.24 bits per heavy atom. The van der Waals surface area contributed by atoms with Crippen molar-refractivity contribution in [3.63, 3.8) is 0 Å². The summed E-state index contributed by atoms with van der Waals surface area (Å²) in [4.78, 5) is 22.2. The van der Waals surface area contributed by atoms with E-state index in [0.717, 1.165) is 18.5 Å². The summed E-state index contributed by atoms with van der Waals surface area (Å²) in [6, 6.07) is 0. The number of likely N-dealkylation sites (N-methyl/N-ethyl adjacent to an activating group) is 1. The number of rotatable bonds is 3. The molecule has 1 amide bonds. The van der Waals surface area contributed by atoms with Gasteiger partial charge < -0.3 is 4.74 Å². The minimum atomic E-state index is -0.360. The number of carbonyl (C=O) groups is 1. The van der Waals surface area contributed by atoms with Crippen molar-refractivity contribution in [2.45, 2.75) is 25.9 Å². The fourth-order valence-corrected chi connectivity index (χ4v) is 2.81. The Labute approximate surface area is 126 Å². The minimum Gasteiger partial charge on any atom is -0.368 e. The predicted molar refractivity (Wildman–Crippen MR) is 78.1 cm³/mol. The van der Waals surface area contributed by atoms with E-state index in [4.69, 9.17) is 4.74 Å². The molecule has 0 radical (unpaired) electrons. The first-order valence-electron chi connectivity index (χ1n) is 6.67. The Bertz CT molecular complexity index is 636. The first-order chi connectivity index (χ1) is 10.1. The summed E-state index contributed by atoms with van der Waals surface area (Å²) in [6.07, 6.45) is 4.66. The quantitative estimate of drug-likeness (QED) is 0.853. The second-order valence-corrected chi connectivity index (χ2v) is 5.79. The summed E-state index contributed by atoms with van der Waals surface area (Å²) < 4.78 is 5.40. The van der Waals surface area contributed by atoms with Crippen LogP contribution in [0.2, 0.25) is 0 Å². The predicted octanol–water partition coefficient (Wildman–Crippen LogP) is 1.45. The molecule has 0 aromatic carbocycles. The lowest BCUT2D eigenvalue weighted by Crippen LogP contribution is -2.35. The van der Waals surface area contributed by atoms with Gasteiger partial charge in [-0.1, -0.05) is 11.3 Å². The van der Waals surface area contributed by atoms with Gasteiger partial charge >= 0.3 is 0 Å². The lowest BCUT2D eigenvalue weighted by molar-refractivity contribution is -0.127. The van der Waals surface area contributed by atoms with E-state index >= 15 is 0 Å². The van der Waals surface area contributed by atoms with E-state index in [1.165, 1.54) is 16.2 Å². The van der Waals surface area contributed by atoms with Crippen LogP contribution in [-0.4, -0.2) is 45.8 Å². The molecule has 3 heterocycles. The summed E-state index contributed by atoms with van der Waals surface area (Å²) in [5.41, 5.74) is 1.50. The lowest BCUT2D eigenvalue weighted by atomic mass is 10.2. The summed E-state index contributed by atoms with van der Waals surface area (Å²) >= 11 is 1.31. The Morgan fingerprint density at radius 3 is 2.90 bits per heavy atom. The molecule has 2 aromatic heterocycles. The molecule has 8 heteroatoms. The average molecular weight is 305 g/mol.